The van der Waals surface area contributed by atoms with E-state index in [4.69, 9.17) is 4.74 Å². The maximum absolute atomic E-state index is 11.3. The second-order valence-corrected chi connectivity index (χ2v) is 4.88. The zero-order chi connectivity index (χ0) is 10.2. The zero-order valence-electron chi connectivity index (χ0n) is 8.70. The Hall–Kier alpha value is -0.570. The third-order valence-corrected chi connectivity index (χ3v) is 2.63. The monoisotopic (exact) mass is 186 g/mol. The zero-order valence-corrected chi connectivity index (χ0v) is 8.70. The Morgan fingerprint density at radius 1 is 1.46 bits per heavy atom. The van der Waals surface area contributed by atoms with Gasteiger partial charge in [0.25, 0.3) is 0 Å². The molecule has 1 fully saturated rings. The predicted molar refractivity (Wildman–Crippen MR) is 49.1 cm³/mol. The van der Waals surface area contributed by atoms with Gasteiger partial charge in [0.05, 0.1) is 12.0 Å². The van der Waals surface area contributed by atoms with Crippen molar-refractivity contribution in [2.45, 2.75) is 46.3 Å². The molecule has 3 heteroatoms. The van der Waals surface area contributed by atoms with E-state index >= 15 is 0 Å². The first-order valence-corrected chi connectivity index (χ1v) is 4.71. The highest BCUT2D eigenvalue weighted by atomic mass is 16.5. The molecule has 1 rings (SSSR count). The second kappa shape index (κ2) is 3.29. The Labute approximate surface area is 79.1 Å². The average Bonchev–Trinajstić information content (AvgIpc) is 1.97. The SMILES string of the molecule is C[C@H]1C(=O)O[C@H](C(C)(C)C)CC1O. The van der Waals surface area contributed by atoms with E-state index in [1.807, 2.05) is 20.8 Å². The standard InChI is InChI=1S/C10H18O3/c1-6-7(11)5-8(10(2,3)4)13-9(6)12/h6-8,11H,5H2,1-4H3/t6-,7?,8+/m1/s1. The molecule has 13 heavy (non-hydrogen) atoms. The molecule has 0 aromatic carbocycles. The van der Waals surface area contributed by atoms with E-state index in [0.717, 1.165) is 0 Å². The molecule has 1 N–H and O–H groups in total. The first kappa shape index (κ1) is 10.5. The summed E-state index contributed by atoms with van der Waals surface area (Å²) >= 11 is 0. The summed E-state index contributed by atoms with van der Waals surface area (Å²) in [6, 6.07) is 0. The molecular weight excluding hydrogens is 168 g/mol. The normalized spacial score (nSPS) is 35.8. The third-order valence-electron chi connectivity index (χ3n) is 2.63. The summed E-state index contributed by atoms with van der Waals surface area (Å²) in [7, 11) is 0. The topological polar surface area (TPSA) is 46.5 Å². The summed E-state index contributed by atoms with van der Waals surface area (Å²) in [5, 5.41) is 9.58. The van der Waals surface area contributed by atoms with Gasteiger partial charge in [0.15, 0.2) is 0 Å². The van der Waals surface area contributed by atoms with Gasteiger partial charge in [-0.05, 0) is 12.3 Å². The van der Waals surface area contributed by atoms with Crippen molar-refractivity contribution >= 4 is 5.97 Å². The van der Waals surface area contributed by atoms with Crippen LogP contribution in [0.5, 0.6) is 0 Å². The Morgan fingerprint density at radius 2 is 2.00 bits per heavy atom. The van der Waals surface area contributed by atoms with Gasteiger partial charge in [-0.25, -0.2) is 0 Å². The molecule has 76 valence electrons. The number of aliphatic hydroxyl groups excluding tert-OH is 1. The lowest BCUT2D eigenvalue weighted by Gasteiger charge is -2.37. The van der Waals surface area contributed by atoms with Crippen LogP contribution in [0.2, 0.25) is 0 Å². The van der Waals surface area contributed by atoms with E-state index in [-0.39, 0.29) is 23.4 Å². The first-order chi connectivity index (χ1) is 5.82. The lowest BCUT2D eigenvalue weighted by Crippen LogP contribution is -2.45. The van der Waals surface area contributed by atoms with Gasteiger partial charge in [-0.2, -0.15) is 0 Å². The summed E-state index contributed by atoms with van der Waals surface area (Å²) in [5.74, 6) is -0.655. The van der Waals surface area contributed by atoms with E-state index in [2.05, 4.69) is 0 Å². The third kappa shape index (κ3) is 2.21. The fourth-order valence-electron chi connectivity index (χ4n) is 1.41. The van der Waals surface area contributed by atoms with Crippen LogP contribution in [0, 0.1) is 11.3 Å². The fraction of sp³-hybridized carbons (Fsp3) is 0.900. The summed E-state index contributed by atoms with van der Waals surface area (Å²) < 4.78 is 5.23. The van der Waals surface area contributed by atoms with Crippen LogP contribution in [-0.4, -0.2) is 23.3 Å². The highest BCUT2D eigenvalue weighted by Crippen LogP contribution is 2.32. The van der Waals surface area contributed by atoms with Gasteiger partial charge < -0.3 is 9.84 Å². The highest BCUT2D eigenvalue weighted by Gasteiger charge is 2.39. The molecule has 0 aliphatic carbocycles. The molecule has 3 nitrogen and oxygen atoms in total. The van der Waals surface area contributed by atoms with Gasteiger partial charge >= 0.3 is 5.97 Å². The van der Waals surface area contributed by atoms with E-state index in [0.29, 0.717) is 6.42 Å². The van der Waals surface area contributed by atoms with Gasteiger partial charge in [0.1, 0.15) is 6.10 Å². The van der Waals surface area contributed by atoms with Gasteiger partial charge in [0, 0.05) is 6.42 Å². The summed E-state index contributed by atoms with van der Waals surface area (Å²) in [6.07, 6.45) is -0.159. The van der Waals surface area contributed by atoms with Crippen molar-refractivity contribution in [2.75, 3.05) is 0 Å². The first-order valence-electron chi connectivity index (χ1n) is 4.71. The van der Waals surface area contributed by atoms with Crippen LogP contribution >= 0.6 is 0 Å². The van der Waals surface area contributed by atoms with E-state index in [1.54, 1.807) is 6.92 Å². The molecule has 0 bridgehead atoms. The smallest absolute Gasteiger partial charge is 0.311 e. The van der Waals surface area contributed by atoms with Crippen molar-refractivity contribution in [3.63, 3.8) is 0 Å². The lowest BCUT2D eigenvalue weighted by molar-refractivity contribution is -0.177. The molecule has 0 saturated carbocycles. The molecule has 0 aromatic heterocycles. The number of aliphatic hydroxyl groups is 1. The fourth-order valence-corrected chi connectivity index (χ4v) is 1.41. The minimum Gasteiger partial charge on any atom is -0.461 e. The largest absolute Gasteiger partial charge is 0.461 e. The summed E-state index contributed by atoms with van der Waals surface area (Å²) in [4.78, 5) is 11.3. The van der Waals surface area contributed by atoms with Gasteiger partial charge in [0.2, 0.25) is 0 Å². The Kier molecular flexibility index (Phi) is 2.66. The molecule has 1 aliphatic rings. The number of ether oxygens (including phenoxy) is 1. The number of carbonyl (C=O) groups is 1. The van der Waals surface area contributed by atoms with Crippen LogP contribution in [0.3, 0.4) is 0 Å². The number of carbonyl (C=O) groups excluding carboxylic acids is 1. The summed E-state index contributed by atoms with van der Waals surface area (Å²) in [6.45, 7) is 7.72. The Bertz CT molecular complexity index is 205. The van der Waals surface area contributed by atoms with Gasteiger partial charge in [-0.3, -0.25) is 4.79 Å². The maximum atomic E-state index is 11.3. The molecule has 1 saturated heterocycles. The van der Waals surface area contributed by atoms with E-state index in [1.165, 1.54) is 0 Å². The van der Waals surface area contributed by atoms with Gasteiger partial charge in [-0.15, -0.1) is 0 Å². The van der Waals surface area contributed by atoms with Crippen LogP contribution in [-0.2, 0) is 9.53 Å². The van der Waals surface area contributed by atoms with Crippen LogP contribution in [0.25, 0.3) is 0 Å². The molecule has 0 aromatic rings. The van der Waals surface area contributed by atoms with Crippen LogP contribution in [0.1, 0.15) is 34.1 Å². The van der Waals surface area contributed by atoms with Crippen LogP contribution in [0.4, 0.5) is 0 Å². The van der Waals surface area contributed by atoms with Crippen molar-refractivity contribution in [1.82, 2.24) is 0 Å². The molecule has 0 spiro atoms. The highest BCUT2D eigenvalue weighted by molar-refractivity contribution is 5.73. The molecule has 1 aliphatic heterocycles. The minimum absolute atomic E-state index is 0.0865. The van der Waals surface area contributed by atoms with Crippen LogP contribution in [0.15, 0.2) is 0 Å². The van der Waals surface area contributed by atoms with Crippen molar-refractivity contribution in [1.29, 1.82) is 0 Å². The number of hydrogen-bond donors (Lipinski definition) is 1. The molecule has 1 heterocycles. The molecular formula is C10H18O3. The van der Waals surface area contributed by atoms with Gasteiger partial charge in [-0.1, -0.05) is 20.8 Å². The van der Waals surface area contributed by atoms with E-state index in [9.17, 15) is 9.90 Å². The minimum atomic E-state index is -0.550. The number of cyclic esters (lactones) is 1. The number of esters is 1. The molecule has 3 atom stereocenters. The molecule has 1 unspecified atom stereocenters. The lowest BCUT2D eigenvalue weighted by atomic mass is 9.82. The van der Waals surface area contributed by atoms with Crippen molar-refractivity contribution < 1.29 is 14.6 Å². The molecule has 0 amide bonds. The second-order valence-electron chi connectivity index (χ2n) is 4.88. The Balaban J connectivity index is 2.69. The summed E-state index contributed by atoms with van der Waals surface area (Å²) in [5.41, 5.74) is -0.0865. The maximum Gasteiger partial charge on any atom is 0.311 e. The van der Waals surface area contributed by atoms with Crippen LogP contribution < -0.4 is 0 Å². The van der Waals surface area contributed by atoms with Crippen molar-refractivity contribution in [3.05, 3.63) is 0 Å². The number of rotatable bonds is 0. The average molecular weight is 186 g/mol. The Morgan fingerprint density at radius 3 is 2.38 bits per heavy atom. The van der Waals surface area contributed by atoms with Crippen molar-refractivity contribution in [3.8, 4) is 0 Å². The predicted octanol–water partition coefficient (Wildman–Crippen LogP) is 1.34. The van der Waals surface area contributed by atoms with E-state index < -0.39 is 6.10 Å². The molecule has 0 radical (unpaired) electrons. The number of hydrogen-bond acceptors (Lipinski definition) is 3. The van der Waals surface area contributed by atoms with Crippen molar-refractivity contribution in [2.24, 2.45) is 11.3 Å². The quantitative estimate of drug-likeness (QED) is 0.581.